The van der Waals surface area contributed by atoms with Gasteiger partial charge >= 0.3 is 5.97 Å². The summed E-state index contributed by atoms with van der Waals surface area (Å²) in [6.45, 7) is 0. The highest BCUT2D eigenvalue weighted by Gasteiger charge is 2.11. The van der Waals surface area contributed by atoms with Crippen molar-refractivity contribution in [3.05, 3.63) is 136 Å². The minimum absolute atomic E-state index is 0.177. The number of hydrazine groups is 1. The minimum Gasteiger partial charge on any atom is -0.422 e. The fourth-order valence-corrected chi connectivity index (χ4v) is 3.67. The number of halogens is 1. The third kappa shape index (κ3) is 8.14. The number of ether oxygens (including phenoxy) is 1. The molecule has 0 saturated carbocycles. The molecule has 8 nitrogen and oxygen atoms in total. The highest BCUT2D eigenvalue weighted by molar-refractivity contribution is 6.30. The van der Waals surface area contributed by atoms with Gasteiger partial charge in [0.25, 0.3) is 11.8 Å². The summed E-state index contributed by atoms with van der Waals surface area (Å²) in [6.07, 6.45) is 2.89. The molecule has 4 rings (SSSR count). The first kappa shape index (κ1) is 27.8. The van der Waals surface area contributed by atoms with Gasteiger partial charge in [0, 0.05) is 27.9 Å². The number of hydrogen-bond donors (Lipinski definition) is 3. The van der Waals surface area contributed by atoms with Gasteiger partial charge in [-0.2, -0.15) is 0 Å². The highest BCUT2D eigenvalue weighted by atomic mass is 35.5. The summed E-state index contributed by atoms with van der Waals surface area (Å²) < 4.78 is 5.46. The SMILES string of the molecule is O=C(/C=C/c1ccccc1OC(=O)c1ccc(Cl)cc1)NNC(=O)c1ccc(NC(=O)Cc2ccccc2)cc1. The van der Waals surface area contributed by atoms with Crippen LogP contribution in [0.25, 0.3) is 6.08 Å². The number of amides is 3. The first-order valence-electron chi connectivity index (χ1n) is 12.2. The van der Waals surface area contributed by atoms with E-state index < -0.39 is 17.8 Å². The second kappa shape index (κ2) is 13.5. The number of nitrogens with one attached hydrogen (secondary N) is 3. The number of esters is 1. The lowest BCUT2D eigenvalue weighted by Crippen LogP contribution is -2.40. The van der Waals surface area contributed by atoms with Crippen LogP contribution in [0.1, 0.15) is 31.8 Å². The Morgan fingerprint density at radius 1 is 0.725 bits per heavy atom. The second-order valence-corrected chi connectivity index (χ2v) is 8.94. The normalized spacial score (nSPS) is 10.5. The average molecular weight is 554 g/mol. The Labute approximate surface area is 235 Å². The Morgan fingerprint density at radius 2 is 1.38 bits per heavy atom. The number of hydrogen-bond acceptors (Lipinski definition) is 5. The van der Waals surface area contributed by atoms with Gasteiger partial charge < -0.3 is 10.1 Å². The molecule has 0 saturated heterocycles. The molecule has 0 aromatic heterocycles. The van der Waals surface area contributed by atoms with Crippen molar-refractivity contribution in [1.82, 2.24) is 10.9 Å². The first-order valence-corrected chi connectivity index (χ1v) is 12.5. The molecule has 0 radical (unpaired) electrons. The molecule has 3 amide bonds. The van der Waals surface area contributed by atoms with E-state index in [9.17, 15) is 19.2 Å². The monoisotopic (exact) mass is 553 g/mol. The summed E-state index contributed by atoms with van der Waals surface area (Å²) in [4.78, 5) is 49.4. The van der Waals surface area contributed by atoms with Crippen molar-refractivity contribution in [2.45, 2.75) is 6.42 Å². The van der Waals surface area contributed by atoms with Crippen LogP contribution in [-0.4, -0.2) is 23.7 Å². The minimum atomic E-state index is -0.600. The fraction of sp³-hybridized carbons (Fsp3) is 0.0323. The molecule has 0 aliphatic carbocycles. The summed E-state index contributed by atoms with van der Waals surface area (Å²) in [7, 11) is 0. The Kier molecular flexibility index (Phi) is 9.42. The quantitative estimate of drug-likeness (QED) is 0.120. The number of rotatable bonds is 8. The van der Waals surface area contributed by atoms with Crippen LogP contribution in [0, 0.1) is 0 Å². The van der Waals surface area contributed by atoms with Crippen LogP contribution in [0.3, 0.4) is 0 Å². The van der Waals surface area contributed by atoms with E-state index in [0.717, 1.165) is 5.56 Å². The van der Waals surface area contributed by atoms with Gasteiger partial charge in [-0.15, -0.1) is 0 Å². The van der Waals surface area contributed by atoms with Crippen LogP contribution in [0.15, 0.2) is 109 Å². The van der Waals surface area contributed by atoms with Crippen LogP contribution in [-0.2, 0) is 16.0 Å². The zero-order chi connectivity index (χ0) is 28.3. The molecule has 0 spiro atoms. The molecule has 0 bridgehead atoms. The van der Waals surface area contributed by atoms with Crippen LogP contribution < -0.4 is 20.9 Å². The van der Waals surface area contributed by atoms with E-state index in [4.69, 9.17) is 16.3 Å². The standard InChI is InChI=1S/C31H24ClN3O5/c32-25-15-10-24(11-16-25)31(39)40-27-9-5-4-8-22(27)14-19-28(36)34-35-30(38)23-12-17-26(18-13-23)33-29(37)20-21-6-2-1-3-7-21/h1-19H,20H2,(H,33,37)(H,34,36)(H,35,38)/b19-14+. The topological polar surface area (TPSA) is 114 Å². The molecule has 4 aromatic carbocycles. The van der Waals surface area contributed by atoms with Gasteiger partial charge in [-0.25, -0.2) is 4.79 Å². The summed E-state index contributed by atoms with van der Waals surface area (Å²) in [6, 6.07) is 28.6. The van der Waals surface area contributed by atoms with Crippen molar-refractivity contribution in [1.29, 1.82) is 0 Å². The van der Waals surface area contributed by atoms with Crippen molar-refractivity contribution < 1.29 is 23.9 Å². The van der Waals surface area contributed by atoms with Crippen molar-refractivity contribution >= 4 is 47.1 Å². The largest absolute Gasteiger partial charge is 0.422 e. The van der Waals surface area contributed by atoms with Gasteiger partial charge in [0.1, 0.15) is 5.75 Å². The van der Waals surface area contributed by atoms with Crippen LogP contribution in [0.4, 0.5) is 5.69 Å². The third-order valence-electron chi connectivity index (χ3n) is 5.55. The van der Waals surface area contributed by atoms with Crippen molar-refractivity contribution in [2.24, 2.45) is 0 Å². The Bertz CT molecular complexity index is 1540. The lowest BCUT2D eigenvalue weighted by molar-refractivity contribution is -0.117. The lowest BCUT2D eigenvalue weighted by atomic mass is 10.1. The number of benzene rings is 4. The van der Waals surface area contributed by atoms with Crippen molar-refractivity contribution in [2.75, 3.05) is 5.32 Å². The molecule has 200 valence electrons. The summed E-state index contributed by atoms with van der Waals surface area (Å²) in [5, 5.41) is 3.28. The molecule has 0 atom stereocenters. The smallest absolute Gasteiger partial charge is 0.343 e. The highest BCUT2D eigenvalue weighted by Crippen LogP contribution is 2.21. The summed E-state index contributed by atoms with van der Waals surface area (Å²) >= 11 is 5.86. The van der Waals surface area contributed by atoms with Crippen LogP contribution in [0.2, 0.25) is 5.02 Å². The van der Waals surface area contributed by atoms with E-state index in [1.165, 1.54) is 24.3 Å². The predicted octanol–water partition coefficient (Wildman–Crippen LogP) is 5.21. The van der Waals surface area contributed by atoms with Crippen molar-refractivity contribution in [3.63, 3.8) is 0 Å². The van der Waals surface area contributed by atoms with E-state index in [1.807, 2.05) is 30.3 Å². The van der Waals surface area contributed by atoms with E-state index in [2.05, 4.69) is 16.2 Å². The van der Waals surface area contributed by atoms with Gasteiger partial charge in [-0.1, -0.05) is 60.1 Å². The van der Waals surface area contributed by atoms with E-state index >= 15 is 0 Å². The number of carbonyl (C=O) groups is 4. The first-order chi connectivity index (χ1) is 19.4. The molecule has 3 N–H and O–H groups in total. The zero-order valence-electron chi connectivity index (χ0n) is 21.1. The average Bonchev–Trinajstić information content (AvgIpc) is 2.96. The fourth-order valence-electron chi connectivity index (χ4n) is 3.54. The molecule has 0 fully saturated rings. The molecule has 0 unspecified atom stereocenters. The molecule has 0 aliphatic heterocycles. The van der Waals surface area contributed by atoms with Gasteiger partial charge in [-0.3, -0.25) is 25.2 Å². The maximum absolute atomic E-state index is 12.4. The summed E-state index contributed by atoms with van der Waals surface area (Å²) in [5.41, 5.74) is 7.15. The Balaban J connectivity index is 1.27. The number of anilines is 1. The van der Waals surface area contributed by atoms with Crippen molar-refractivity contribution in [3.8, 4) is 5.75 Å². The number of para-hydroxylation sites is 1. The van der Waals surface area contributed by atoms with Gasteiger partial charge in [-0.05, 0) is 66.2 Å². The molecule has 9 heteroatoms. The lowest BCUT2D eigenvalue weighted by Gasteiger charge is -2.09. The molecule has 4 aromatic rings. The van der Waals surface area contributed by atoms with E-state index in [-0.39, 0.29) is 23.6 Å². The second-order valence-electron chi connectivity index (χ2n) is 8.50. The predicted molar refractivity (Wildman–Crippen MR) is 153 cm³/mol. The molecule has 40 heavy (non-hydrogen) atoms. The van der Waals surface area contributed by atoms with Crippen LogP contribution >= 0.6 is 11.6 Å². The number of carbonyl (C=O) groups excluding carboxylic acids is 4. The van der Waals surface area contributed by atoms with Gasteiger partial charge in [0.2, 0.25) is 5.91 Å². The van der Waals surface area contributed by atoms with E-state index in [1.54, 1.807) is 60.7 Å². The maximum atomic E-state index is 12.4. The Morgan fingerprint density at radius 3 is 2.10 bits per heavy atom. The Hall–Kier alpha value is -5.21. The zero-order valence-corrected chi connectivity index (χ0v) is 21.9. The third-order valence-corrected chi connectivity index (χ3v) is 5.81. The molecule has 0 aliphatic rings. The summed E-state index contributed by atoms with van der Waals surface area (Å²) in [5.74, 6) is -1.63. The molecule has 0 heterocycles. The maximum Gasteiger partial charge on any atom is 0.343 e. The molecular formula is C31H24ClN3O5. The van der Waals surface area contributed by atoms with Gasteiger partial charge in [0.05, 0.1) is 12.0 Å². The van der Waals surface area contributed by atoms with Gasteiger partial charge in [0.15, 0.2) is 0 Å². The van der Waals surface area contributed by atoms with Crippen LogP contribution in [0.5, 0.6) is 5.75 Å². The molecular weight excluding hydrogens is 530 g/mol. The van der Waals surface area contributed by atoms with E-state index in [0.29, 0.717) is 21.8 Å².